The summed E-state index contributed by atoms with van der Waals surface area (Å²) in [6, 6.07) is -1.06. The van der Waals surface area contributed by atoms with Gasteiger partial charge in [-0.15, -0.1) is 10.1 Å². The molecule has 0 aromatic heterocycles. The second kappa shape index (κ2) is 62.0. The molecular weight excluding hydrogens is 1820 g/mol. The number of nitrogens with two attached hydrogens (primary N) is 4. The van der Waals surface area contributed by atoms with Gasteiger partial charge >= 0.3 is 36.3 Å². The zero-order valence-electron chi connectivity index (χ0n) is 77.3. The number of carbonyl (C=O) groups excluding carboxylic acids is 19. The van der Waals surface area contributed by atoms with E-state index in [4.69, 9.17) is 51.6 Å². The van der Waals surface area contributed by atoms with E-state index in [2.05, 4.69) is 47.9 Å². The molecule has 5 rings (SSSR count). The van der Waals surface area contributed by atoms with Crippen molar-refractivity contribution in [2.24, 2.45) is 22.9 Å². The molecule has 0 bridgehead atoms. The lowest BCUT2D eigenvalue weighted by atomic mass is 10.1. The third-order valence-electron chi connectivity index (χ3n) is 17.8. The number of carbonyl (C=O) groups is 19. The Morgan fingerprint density at radius 1 is 0.338 bits per heavy atom. The molecule has 5 aliphatic heterocycles. The topological polar surface area (TPSA) is 611 Å². The Hall–Kier alpha value is -8.53. The molecule has 5 aliphatic rings. The number of hydroxylamine groups is 4. The van der Waals surface area contributed by atoms with Crippen LogP contribution in [0.25, 0.3) is 0 Å². The normalized spacial score (nSPS) is 14.9. The van der Waals surface area contributed by atoms with E-state index in [-0.39, 0.29) is 188 Å². The summed E-state index contributed by atoms with van der Waals surface area (Å²) in [5.74, 6) is -8.12. The van der Waals surface area contributed by atoms with Crippen molar-refractivity contribution in [2.45, 2.75) is 293 Å². The third kappa shape index (κ3) is 57.7. The minimum absolute atomic E-state index is 0.00148. The van der Waals surface area contributed by atoms with Crippen molar-refractivity contribution in [3.8, 4) is 0 Å². The van der Waals surface area contributed by atoms with Crippen molar-refractivity contribution in [1.82, 2.24) is 77.6 Å². The highest BCUT2D eigenvalue weighted by Crippen LogP contribution is 2.52. The Balaban J connectivity index is 0.000000766. The number of alkyl carbamates (subject to hydrolysis) is 4. The van der Waals surface area contributed by atoms with Gasteiger partial charge in [0, 0.05) is 156 Å². The molecule has 5 saturated heterocycles. The van der Waals surface area contributed by atoms with Crippen molar-refractivity contribution < 1.29 is 120 Å². The molecule has 17 N–H and O–H groups in total. The highest BCUT2D eigenvalue weighted by Gasteiger charge is 2.37. The summed E-state index contributed by atoms with van der Waals surface area (Å²) >= 11 is 0. The first-order valence-corrected chi connectivity index (χ1v) is 50.3. The number of ether oxygens (including phenoxy) is 4. The van der Waals surface area contributed by atoms with Gasteiger partial charge in [-0.05, 0) is 147 Å². The van der Waals surface area contributed by atoms with Crippen LogP contribution < -0.4 is 70.8 Å². The van der Waals surface area contributed by atoms with E-state index in [1.165, 1.54) is 19.6 Å². The highest BCUT2D eigenvalue weighted by atomic mass is 33.2. The fourth-order valence-corrected chi connectivity index (χ4v) is 14.4. The number of rotatable bonds is 56. The van der Waals surface area contributed by atoms with E-state index in [0.29, 0.717) is 79.4 Å². The van der Waals surface area contributed by atoms with Gasteiger partial charge in [-0.3, -0.25) is 78.3 Å². The maximum atomic E-state index is 13.5. The van der Waals surface area contributed by atoms with Gasteiger partial charge in [0.05, 0.1) is 31.0 Å². The third-order valence-corrected chi connectivity index (χ3v) is 23.2. The van der Waals surface area contributed by atoms with Crippen LogP contribution in [-0.2, 0) is 101 Å². The largest absolute Gasteiger partial charge is 0.444 e. The fraction of sp³-hybridized carbons (Fsp3) is 0.762. The number of amides is 17. The number of primary amides is 3. The van der Waals surface area contributed by atoms with E-state index in [1.807, 2.05) is 13.8 Å². The summed E-state index contributed by atoms with van der Waals surface area (Å²) in [5, 5.41) is 26.0. The summed E-state index contributed by atoms with van der Waals surface area (Å²) in [5.41, 5.74) is 18.6. The number of imide groups is 2. The number of nitrogens with one attached hydrogen (secondary N) is 9. The van der Waals surface area contributed by atoms with Gasteiger partial charge in [-0.25, -0.2) is 28.8 Å². The van der Waals surface area contributed by atoms with Crippen LogP contribution in [0, 0.1) is 0 Å². The first-order chi connectivity index (χ1) is 61.0. The number of unbranched alkanes of at least 4 members (excludes halogenated alkanes) is 3. The summed E-state index contributed by atoms with van der Waals surface area (Å²) in [4.78, 5) is 250. The first kappa shape index (κ1) is 118. The lowest BCUT2D eigenvalue weighted by Gasteiger charge is -2.28. The lowest BCUT2D eigenvalue weighted by Crippen LogP contribution is -2.44. The number of hydrogen-bond acceptors (Lipinski definition) is 35. The maximum absolute atomic E-state index is 13.5. The monoisotopic (exact) mass is 1960 g/mol. The summed E-state index contributed by atoms with van der Waals surface area (Å²) in [6.07, 6.45) is 1.83. The molecule has 0 aromatic carbocycles. The maximum Gasteiger partial charge on any atom is 0.407 e. The Labute approximate surface area is 784 Å². The van der Waals surface area contributed by atoms with Gasteiger partial charge in [0.25, 0.3) is 23.6 Å². The zero-order chi connectivity index (χ0) is 97.9. The van der Waals surface area contributed by atoms with Gasteiger partial charge in [0.2, 0.25) is 53.2 Å². The van der Waals surface area contributed by atoms with Crippen molar-refractivity contribution in [3.63, 3.8) is 0 Å². The second-order valence-corrected chi connectivity index (χ2v) is 41.9. The first-order valence-electron chi connectivity index (χ1n) is 43.5. The van der Waals surface area contributed by atoms with Crippen molar-refractivity contribution in [2.75, 3.05) is 98.2 Å². The van der Waals surface area contributed by atoms with Crippen molar-refractivity contribution in [1.29, 1.82) is 0 Å². The molecular formula is C80H139N19O25S6. The van der Waals surface area contributed by atoms with Crippen LogP contribution in [-0.4, -0.2) is 296 Å². The Morgan fingerprint density at radius 3 is 0.823 bits per heavy atom. The molecule has 0 radical (unpaired) electrons. The van der Waals surface area contributed by atoms with Crippen LogP contribution in [0.5, 0.6) is 0 Å². The average Bonchev–Trinajstić information content (AvgIpc) is 1.72. The van der Waals surface area contributed by atoms with Crippen molar-refractivity contribution in [3.05, 3.63) is 0 Å². The highest BCUT2D eigenvalue weighted by molar-refractivity contribution is 8.93. The number of hydrogen-bond donors (Lipinski definition) is 13. The van der Waals surface area contributed by atoms with Crippen LogP contribution in [0.1, 0.15) is 238 Å². The van der Waals surface area contributed by atoms with E-state index in [1.54, 1.807) is 148 Å². The summed E-state index contributed by atoms with van der Waals surface area (Å²) in [6.45, 7) is 25.0. The summed E-state index contributed by atoms with van der Waals surface area (Å²) in [7, 11) is 9.97. The molecule has 130 heavy (non-hydrogen) atoms. The van der Waals surface area contributed by atoms with Gasteiger partial charge in [-0.2, -0.15) is 0 Å². The lowest BCUT2D eigenvalue weighted by molar-refractivity contribution is -0.197. The molecule has 0 aromatic rings. The van der Waals surface area contributed by atoms with E-state index >= 15 is 0 Å². The smallest absolute Gasteiger partial charge is 0.407 e. The molecule has 3 atom stereocenters. The van der Waals surface area contributed by atoms with Crippen LogP contribution in [0.4, 0.5) is 19.2 Å². The van der Waals surface area contributed by atoms with E-state index in [9.17, 15) is 91.1 Å². The van der Waals surface area contributed by atoms with Crippen molar-refractivity contribution >= 4 is 178 Å². The standard InChI is InChI=1S/C39H70N10O10S4.C32H48N6O14.C7H15N3OS2.C2H6/c1-38(2,3)58-34(56)44-20-14-30(52)48(24-16-28(50)42-18-9-7-12-26(32(40)54)46-36-60-61-36)22-11-23-49(31(53)15-21-45-35(57)59-39(4,5)6)25-17-29(51)43-19-10-8-13-27(33(41)55)47-37-62-63-37;1-31(2,3)49-29(47)33-15-11-21(39)35(17-13-27(45)51-37-23(41)7-8-24(37)42)19-20-36(22(40)12-16-34-30(48)50-32(4,5)6)18-14-28(46)52-38-25(43)9-10-26(38)44;8-4-2-1-3-5(6(9)11)10-7-12-13-7;1-2/h26-27,36-37,46-47H,7-25H2,1-6H3,(H2,40,54)(H2,41,55)(H,42,50)(H,43,51)(H,44,56)(H,45,57);7-20H2,1-6H3,(H,33,47)(H,34,48);5,7,10H,1-4,8H2,(H2,9,11);1-2H3/t26-,27-;;5-;/m0.0./s1. The summed E-state index contributed by atoms with van der Waals surface area (Å²) < 4.78 is 21.6. The predicted octanol–water partition coefficient (Wildman–Crippen LogP) is 4.19. The molecule has 5 heterocycles. The van der Waals surface area contributed by atoms with Crippen LogP contribution in [0.15, 0.2) is 0 Å². The van der Waals surface area contributed by atoms with Gasteiger partial charge in [-0.1, -0.05) is 85.0 Å². The van der Waals surface area contributed by atoms with Gasteiger partial charge < -0.3 is 103 Å². The molecule has 17 amide bonds. The minimum atomic E-state index is -0.983. The second-order valence-electron chi connectivity index (χ2n) is 33.6. The Morgan fingerprint density at radius 2 is 0.585 bits per heavy atom. The molecule has 50 heteroatoms. The number of nitrogens with zero attached hydrogens (tertiary/aromatic N) is 6. The van der Waals surface area contributed by atoms with Crippen LogP contribution in [0.3, 0.4) is 0 Å². The molecule has 0 aliphatic carbocycles. The van der Waals surface area contributed by atoms with Crippen LogP contribution in [0.2, 0.25) is 0 Å². The average molecular weight is 1960 g/mol. The van der Waals surface area contributed by atoms with Gasteiger partial charge in [0.1, 0.15) is 36.5 Å². The predicted molar refractivity (Wildman–Crippen MR) is 492 cm³/mol. The quantitative estimate of drug-likeness (QED) is 0.0133. The Bertz CT molecular complexity index is 3470. The zero-order valence-corrected chi connectivity index (χ0v) is 82.2. The molecule has 0 saturated carbocycles. The van der Waals surface area contributed by atoms with E-state index in [0.717, 1.165) is 19.3 Å². The fourth-order valence-electron chi connectivity index (χ4n) is 11.4. The molecule has 5 fully saturated rings. The van der Waals surface area contributed by atoms with Crippen LogP contribution >= 0.6 is 64.8 Å². The molecule has 740 valence electrons. The minimum Gasteiger partial charge on any atom is -0.444 e. The SMILES string of the molecule is CC.CC(C)(C)OC(=O)NCCC(=O)N(CCC(=O)ON1C(=O)CCC1=O)CCN(CCC(=O)ON1C(=O)CCC1=O)C(=O)CCNC(=O)OC(C)(C)C.CC(C)(C)OC(=O)NCCC(=O)N(CCCN(CCC(=O)NCCCC[C@H](NC1SS1)C(N)=O)C(=O)CCNC(=O)OC(C)(C)C)CCC(=O)NCCCC[C@H](NC1SS1)C(N)=O.NCCCC[C@H](NC1SS1)C(N)=O. The Kier molecular flexibility index (Phi) is 56.1. The molecule has 44 nitrogen and oxygen atoms in total. The van der Waals surface area contributed by atoms with E-state index < -0.39 is 131 Å². The van der Waals surface area contributed by atoms with Gasteiger partial charge in [0.15, 0.2) is 0 Å². The molecule has 0 unspecified atom stereocenters. The molecule has 0 spiro atoms.